The molecule has 10 nitrogen and oxygen atoms in total. The third kappa shape index (κ3) is 3.80. The summed E-state index contributed by atoms with van der Waals surface area (Å²) in [6.07, 6.45) is 0.653. The number of aromatic amines is 1. The van der Waals surface area contributed by atoms with Crippen LogP contribution in [0.25, 0.3) is 11.2 Å². The zero-order chi connectivity index (χ0) is 22.1. The van der Waals surface area contributed by atoms with E-state index in [-0.39, 0.29) is 17.8 Å². The highest BCUT2D eigenvalue weighted by Gasteiger charge is 2.23. The summed E-state index contributed by atoms with van der Waals surface area (Å²) < 4.78 is 7.81. The number of aromatic nitrogens is 4. The van der Waals surface area contributed by atoms with Crippen LogP contribution in [0, 0.1) is 0 Å². The van der Waals surface area contributed by atoms with Crippen molar-refractivity contribution in [2.45, 2.75) is 12.8 Å². The van der Waals surface area contributed by atoms with Gasteiger partial charge in [0.2, 0.25) is 5.91 Å². The Hall–Kier alpha value is -3.56. The van der Waals surface area contributed by atoms with Crippen molar-refractivity contribution in [2.75, 3.05) is 38.2 Å². The van der Waals surface area contributed by atoms with Gasteiger partial charge in [-0.05, 0) is 12.1 Å². The Kier molecular flexibility index (Phi) is 5.53. The molecule has 4 rings (SSSR count). The first-order valence-electron chi connectivity index (χ1n) is 10.2. The van der Waals surface area contributed by atoms with Crippen LogP contribution in [0.3, 0.4) is 0 Å². The van der Waals surface area contributed by atoms with E-state index < -0.39 is 11.2 Å². The predicted molar refractivity (Wildman–Crippen MR) is 117 cm³/mol. The van der Waals surface area contributed by atoms with Gasteiger partial charge in [-0.2, -0.15) is 0 Å². The monoisotopic (exact) mass is 426 g/mol. The van der Waals surface area contributed by atoms with Crippen molar-refractivity contribution in [3.8, 4) is 5.75 Å². The Labute approximate surface area is 178 Å². The van der Waals surface area contributed by atoms with Gasteiger partial charge in [-0.15, -0.1) is 0 Å². The Balaban J connectivity index is 1.39. The zero-order valence-electron chi connectivity index (χ0n) is 17.9. The molecule has 3 aromatic rings. The van der Waals surface area contributed by atoms with Gasteiger partial charge < -0.3 is 19.5 Å². The lowest BCUT2D eigenvalue weighted by Gasteiger charge is -2.36. The van der Waals surface area contributed by atoms with Crippen molar-refractivity contribution in [1.82, 2.24) is 24.0 Å². The minimum Gasteiger partial charge on any atom is -0.495 e. The smallest absolute Gasteiger partial charge is 0.332 e. The van der Waals surface area contributed by atoms with Crippen LogP contribution in [-0.4, -0.2) is 63.2 Å². The van der Waals surface area contributed by atoms with Crippen LogP contribution in [-0.2, 0) is 25.3 Å². The number of rotatable bonds is 5. The topological polar surface area (TPSA) is 105 Å². The molecule has 0 saturated carbocycles. The van der Waals surface area contributed by atoms with Gasteiger partial charge in [0.15, 0.2) is 5.65 Å². The molecule has 0 bridgehead atoms. The molecule has 0 spiro atoms. The summed E-state index contributed by atoms with van der Waals surface area (Å²) in [5.74, 6) is 1.39. The molecule has 1 saturated heterocycles. The summed E-state index contributed by atoms with van der Waals surface area (Å²) in [5, 5.41) is 0. The molecule has 1 aliphatic heterocycles. The maximum Gasteiger partial charge on any atom is 0.332 e. The fraction of sp³-hybridized carbons (Fsp3) is 0.429. The fourth-order valence-electron chi connectivity index (χ4n) is 3.96. The van der Waals surface area contributed by atoms with Crippen molar-refractivity contribution in [1.29, 1.82) is 0 Å². The van der Waals surface area contributed by atoms with Gasteiger partial charge in [0.05, 0.1) is 12.8 Å². The molecule has 0 radical (unpaired) electrons. The second-order valence-corrected chi connectivity index (χ2v) is 7.63. The van der Waals surface area contributed by atoms with Crippen molar-refractivity contribution in [2.24, 2.45) is 14.1 Å². The molecule has 1 fully saturated rings. The summed E-state index contributed by atoms with van der Waals surface area (Å²) in [7, 11) is 4.66. The Morgan fingerprint density at radius 2 is 1.81 bits per heavy atom. The Bertz CT molecular complexity index is 1230. The minimum absolute atomic E-state index is 0.0434. The number of H-pyrrole nitrogens is 1. The minimum atomic E-state index is -0.431. The molecule has 3 heterocycles. The number of benzene rings is 1. The third-order valence-corrected chi connectivity index (χ3v) is 5.78. The van der Waals surface area contributed by atoms with Gasteiger partial charge in [-0.1, -0.05) is 12.1 Å². The van der Waals surface area contributed by atoms with Crippen molar-refractivity contribution < 1.29 is 9.53 Å². The van der Waals surface area contributed by atoms with E-state index in [0.29, 0.717) is 31.0 Å². The number of amides is 1. The zero-order valence-corrected chi connectivity index (χ0v) is 17.9. The van der Waals surface area contributed by atoms with Crippen molar-refractivity contribution in [3.05, 3.63) is 50.9 Å². The molecule has 1 N–H and O–H groups in total. The largest absolute Gasteiger partial charge is 0.495 e. The molecular formula is C21H26N6O4. The molecule has 0 atom stereocenters. The molecule has 31 heavy (non-hydrogen) atoms. The number of fused-ring (bicyclic) bond motifs is 1. The van der Waals surface area contributed by atoms with Crippen LogP contribution in [0.1, 0.15) is 12.2 Å². The number of ether oxygens (including phenoxy) is 1. The lowest BCUT2D eigenvalue weighted by atomic mass is 10.2. The number of nitrogens with one attached hydrogen (secondary N) is 1. The van der Waals surface area contributed by atoms with E-state index in [1.54, 1.807) is 14.2 Å². The number of hydrogen-bond acceptors (Lipinski definition) is 6. The molecular weight excluding hydrogens is 400 g/mol. The molecule has 164 valence electrons. The van der Waals surface area contributed by atoms with Gasteiger partial charge in [0.1, 0.15) is 17.1 Å². The first-order chi connectivity index (χ1) is 14.9. The maximum absolute atomic E-state index is 12.7. The van der Waals surface area contributed by atoms with Crippen LogP contribution in [0.4, 0.5) is 5.69 Å². The van der Waals surface area contributed by atoms with E-state index in [4.69, 9.17) is 4.74 Å². The Morgan fingerprint density at radius 1 is 1.10 bits per heavy atom. The fourth-order valence-corrected chi connectivity index (χ4v) is 3.96. The van der Waals surface area contributed by atoms with E-state index >= 15 is 0 Å². The maximum atomic E-state index is 12.7. The normalized spacial score (nSPS) is 14.3. The number of carbonyl (C=O) groups is 1. The molecule has 10 heteroatoms. The lowest BCUT2D eigenvalue weighted by Crippen LogP contribution is -2.49. The van der Waals surface area contributed by atoms with E-state index in [1.165, 1.54) is 11.6 Å². The summed E-state index contributed by atoms with van der Waals surface area (Å²) >= 11 is 0. The molecule has 1 amide bonds. The van der Waals surface area contributed by atoms with Crippen LogP contribution in [0.5, 0.6) is 5.75 Å². The molecule has 1 aliphatic rings. The highest BCUT2D eigenvalue weighted by Crippen LogP contribution is 2.28. The molecule has 1 aromatic carbocycles. The van der Waals surface area contributed by atoms with E-state index in [9.17, 15) is 14.4 Å². The number of aryl methyl sites for hydroxylation is 2. The first-order valence-corrected chi connectivity index (χ1v) is 10.2. The summed E-state index contributed by atoms with van der Waals surface area (Å²) in [6, 6.07) is 7.87. The number of hydrogen-bond donors (Lipinski definition) is 1. The standard InChI is InChI=1S/C21H26N6O4/c1-24-19-18(20(29)25(2)21(24)30)22-16(23-19)8-9-17(28)27-12-10-26(11-13-27)14-6-4-5-7-15(14)31-3/h4-7H,8-13H2,1-3H3,(H,22,23). The highest BCUT2D eigenvalue weighted by molar-refractivity contribution is 5.77. The number of para-hydroxylation sites is 2. The van der Waals surface area contributed by atoms with Gasteiger partial charge in [0.25, 0.3) is 5.56 Å². The van der Waals surface area contributed by atoms with E-state index in [0.717, 1.165) is 29.1 Å². The van der Waals surface area contributed by atoms with Crippen molar-refractivity contribution >= 4 is 22.8 Å². The molecule has 0 aliphatic carbocycles. The second kappa shape index (κ2) is 8.29. The summed E-state index contributed by atoms with van der Waals surface area (Å²) in [5.41, 5.74) is 0.764. The SMILES string of the molecule is COc1ccccc1N1CCN(C(=O)CCc2nc3c([nH]2)c(=O)n(C)c(=O)n3C)CC1. The van der Waals surface area contributed by atoms with Gasteiger partial charge in [-0.3, -0.25) is 18.7 Å². The first kappa shape index (κ1) is 20.7. The molecule has 0 unspecified atom stereocenters. The lowest BCUT2D eigenvalue weighted by molar-refractivity contribution is -0.131. The van der Waals surface area contributed by atoms with Crippen LogP contribution in [0.2, 0.25) is 0 Å². The number of nitrogens with zero attached hydrogens (tertiary/aromatic N) is 5. The summed E-state index contributed by atoms with van der Waals surface area (Å²) in [6.45, 7) is 2.72. The third-order valence-electron chi connectivity index (χ3n) is 5.78. The van der Waals surface area contributed by atoms with Crippen LogP contribution in [0.15, 0.2) is 33.9 Å². The quantitative estimate of drug-likeness (QED) is 0.627. The van der Waals surface area contributed by atoms with Crippen LogP contribution >= 0.6 is 0 Å². The van der Waals surface area contributed by atoms with E-state index in [2.05, 4.69) is 14.9 Å². The average molecular weight is 426 g/mol. The molecule has 2 aromatic heterocycles. The number of carbonyl (C=O) groups excluding carboxylic acids is 1. The second-order valence-electron chi connectivity index (χ2n) is 7.63. The summed E-state index contributed by atoms with van der Waals surface area (Å²) in [4.78, 5) is 48.5. The Morgan fingerprint density at radius 3 is 2.52 bits per heavy atom. The average Bonchev–Trinajstić information content (AvgIpc) is 3.24. The number of imidazole rings is 1. The van der Waals surface area contributed by atoms with E-state index in [1.807, 2.05) is 29.2 Å². The van der Waals surface area contributed by atoms with Crippen molar-refractivity contribution in [3.63, 3.8) is 0 Å². The number of piperazine rings is 1. The van der Waals surface area contributed by atoms with Crippen LogP contribution < -0.4 is 20.9 Å². The number of anilines is 1. The number of methoxy groups -OCH3 is 1. The highest BCUT2D eigenvalue weighted by atomic mass is 16.5. The van der Waals surface area contributed by atoms with Gasteiger partial charge in [0, 0.05) is 53.1 Å². The predicted octanol–water partition coefficient (Wildman–Crippen LogP) is 0.250. The van der Waals surface area contributed by atoms with Gasteiger partial charge >= 0.3 is 5.69 Å². The van der Waals surface area contributed by atoms with Gasteiger partial charge in [-0.25, -0.2) is 9.78 Å².